The van der Waals surface area contributed by atoms with Crippen LogP contribution in [0.5, 0.6) is 0 Å². The van der Waals surface area contributed by atoms with Gasteiger partial charge in [0.25, 0.3) is 11.6 Å². The van der Waals surface area contributed by atoms with Crippen molar-refractivity contribution in [2.75, 3.05) is 18.4 Å². The van der Waals surface area contributed by atoms with E-state index in [1.165, 1.54) is 24.4 Å². The maximum absolute atomic E-state index is 12.4. The lowest BCUT2D eigenvalue weighted by Crippen LogP contribution is -2.41. The van der Waals surface area contributed by atoms with E-state index in [0.29, 0.717) is 6.42 Å². The fourth-order valence-corrected chi connectivity index (χ4v) is 3.67. The number of aromatic nitrogens is 2. The topological polar surface area (TPSA) is 156 Å². The monoisotopic (exact) mass is 470 g/mol. The Balaban J connectivity index is 1.96. The molecule has 168 valence electrons. The zero-order valence-electron chi connectivity index (χ0n) is 17.2. The molecule has 11 nitrogen and oxygen atoms in total. The van der Waals surface area contributed by atoms with Gasteiger partial charge in [-0.25, -0.2) is 18.1 Å². The van der Waals surface area contributed by atoms with Gasteiger partial charge in [-0.05, 0) is 44.9 Å². The highest BCUT2D eigenvalue weighted by Gasteiger charge is 2.20. The van der Waals surface area contributed by atoms with E-state index in [1.807, 2.05) is 20.8 Å². The second-order valence-electron chi connectivity index (χ2n) is 7.54. The Morgan fingerprint density at radius 1 is 1.26 bits per heavy atom. The predicted molar refractivity (Wildman–Crippen MR) is 116 cm³/mol. The predicted octanol–water partition coefficient (Wildman–Crippen LogP) is 2.35. The first-order chi connectivity index (χ1) is 14.4. The molecule has 3 N–H and O–H groups in total. The van der Waals surface area contributed by atoms with Crippen molar-refractivity contribution in [3.63, 3.8) is 0 Å². The number of anilines is 1. The number of carbonyl (C=O) groups is 1. The van der Waals surface area contributed by atoms with Crippen molar-refractivity contribution < 1.29 is 18.1 Å². The highest BCUT2D eigenvalue weighted by atomic mass is 35.5. The summed E-state index contributed by atoms with van der Waals surface area (Å²) in [6, 6.07) is 4.78. The Hall–Kier alpha value is -2.83. The molecule has 0 atom stereocenters. The summed E-state index contributed by atoms with van der Waals surface area (Å²) in [5.41, 5.74) is -0.568. The minimum Gasteiger partial charge on any atom is -0.369 e. The number of sulfonamides is 1. The van der Waals surface area contributed by atoms with E-state index in [0.717, 1.165) is 6.07 Å². The number of nitro benzene ring substituents is 1. The molecule has 0 bridgehead atoms. The average Bonchev–Trinajstić information content (AvgIpc) is 2.66. The van der Waals surface area contributed by atoms with E-state index >= 15 is 0 Å². The number of hydrogen-bond donors (Lipinski definition) is 3. The normalized spacial score (nSPS) is 11.7. The van der Waals surface area contributed by atoms with Gasteiger partial charge in [0, 0.05) is 37.0 Å². The number of hydrogen-bond acceptors (Lipinski definition) is 8. The van der Waals surface area contributed by atoms with Gasteiger partial charge in [0.1, 0.15) is 11.4 Å². The molecule has 1 aromatic carbocycles. The van der Waals surface area contributed by atoms with Crippen LogP contribution < -0.4 is 15.4 Å². The molecule has 0 aliphatic heterocycles. The molecule has 1 amide bonds. The van der Waals surface area contributed by atoms with E-state index < -0.39 is 20.5 Å². The summed E-state index contributed by atoms with van der Waals surface area (Å²) in [5, 5.41) is 16.5. The molecule has 0 saturated carbocycles. The van der Waals surface area contributed by atoms with Crippen LogP contribution >= 0.6 is 11.6 Å². The van der Waals surface area contributed by atoms with Gasteiger partial charge in [0.15, 0.2) is 0 Å². The molecule has 31 heavy (non-hydrogen) atoms. The van der Waals surface area contributed by atoms with E-state index in [9.17, 15) is 23.3 Å². The molecule has 0 aliphatic carbocycles. The van der Waals surface area contributed by atoms with Crippen molar-refractivity contribution in [3.8, 4) is 0 Å². The van der Waals surface area contributed by atoms with Crippen LogP contribution in [-0.2, 0) is 10.0 Å². The molecule has 0 fully saturated rings. The molecule has 1 aromatic heterocycles. The van der Waals surface area contributed by atoms with Crippen LogP contribution in [-0.4, -0.2) is 47.8 Å². The van der Waals surface area contributed by atoms with E-state index in [2.05, 4.69) is 25.3 Å². The number of benzene rings is 1. The lowest BCUT2D eigenvalue weighted by Gasteiger charge is -2.21. The Morgan fingerprint density at radius 2 is 1.97 bits per heavy atom. The summed E-state index contributed by atoms with van der Waals surface area (Å²) in [5.74, 6) is -0.152. The molecule has 0 saturated heterocycles. The minimum absolute atomic E-state index is 0.0406. The van der Waals surface area contributed by atoms with Crippen molar-refractivity contribution >= 4 is 39.0 Å². The van der Waals surface area contributed by atoms with Crippen LogP contribution in [0.1, 0.15) is 37.6 Å². The number of amides is 1. The zero-order valence-corrected chi connectivity index (χ0v) is 18.7. The van der Waals surface area contributed by atoms with E-state index in [1.54, 1.807) is 0 Å². The minimum atomic E-state index is -3.90. The van der Waals surface area contributed by atoms with Gasteiger partial charge in [-0.15, -0.1) is 0 Å². The maximum atomic E-state index is 12.4. The van der Waals surface area contributed by atoms with Crippen LogP contribution in [0.3, 0.4) is 0 Å². The first kappa shape index (κ1) is 24.4. The molecule has 13 heteroatoms. The summed E-state index contributed by atoms with van der Waals surface area (Å²) in [6.45, 7) is 5.84. The molecule has 1 heterocycles. The lowest BCUT2D eigenvalue weighted by molar-refractivity contribution is -0.385. The molecule has 0 spiro atoms. The van der Waals surface area contributed by atoms with Crippen LogP contribution in [0.4, 0.5) is 11.5 Å². The number of nitrogens with zero attached hydrogens (tertiary/aromatic N) is 3. The number of nitrogens with one attached hydrogen (secondary N) is 3. The quantitative estimate of drug-likeness (QED) is 0.218. The summed E-state index contributed by atoms with van der Waals surface area (Å²) in [7, 11) is -3.90. The fourth-order valence-electron chi connectivity index (χ4n) is 2.42. The Kier molecular flexibility index (Phi) is 7.87. The highest BCUT2D eigenvalue weighted by Crippen LogP contribution is 2.18. The number of carbonyl (C=O) groups excluding carboxylic acids is 1. The maximum Gasteiger partial charge on any atom is 0.270 e. The van der Waals surface area contributed by atoms with Gasteiger partial charge in [0.2, 0.25) is 15.3 Å². The SMILES string of the molecule is CC(C)(C)NC(=O)c1cnc(Cl)nc1NCCCNS(=O)(=O)c1cccc([N+](=O)[O-])c1. The standard InChI is InChI=1S/C18H23ClN6O5S/c1-18(2,3)24-16(26)14-11-21-17(19)23-15(14)20-8-5-9-22-31(29,30)13-7-4-6-12(10-13)25(27)28/h4,6-7,10-11,22H,5,8-9H2,1-3H3,(H,24,26)(H,20,21,23). The van der Waals surface area contributed by atoms with Gasteiger partial charge in [-0.2, -0.15) is 4.98 Å². The fraction of sp³-hybridized carbons (Fsp3) is 0.389. The molecule has 0 radical (unpaired) electrons. The third-order valence-electron chi connectivity index (χ3n) is 3.77. The number of rotatable bonds is 9. The van der Waals surface area contributed by atoms with Crippen molar-refractivity contribution in [2.45, 2.75) is 37.6 Å². The van der Waals surface area contributed by atoms with Crippen LogP contribution in [0.2, 0.25) is 5.28 Å². The number of nitro groups is 1. The Morgan fingerprint density at radius 3 is 2.61 bits per heavy atom. The molecular formula is C18H23ClN6O5S. The highest BCUT2D eigenvalue weighted by molar-refractivity contribution is 7.89. The number of halogens is 1. The summed E-state index contributed by atoms with van der Waals surface area (Å²) in [6.07, 6.45) is 1.65. The van der Waals surface area contributed by atoms with Gasteiger partial charge in [-0.3, -0.25) is 14.9 Å². The van der Waals surface area contributed by atoms with Crippen LogP contribution in [0, 0.1) is 10.1 Å². The van der Waals surface area contributed by atoms with Crippen LogP contribution in [0.25, 0.3) is 0 Å². The third kappa shape index (κ3) is 7.42. The van der Waals surface area contributed by atoms with Crippen molar-refractivity contribution in [2.24, 2.45) is 0 Å². The zero-order chi connectivity index (χ0) is 23.2. The van der Waals surface area contributed by atoms with Crippen LogP contribution in [0.15, 0.2) is 35.4 Å². The van der Waals surface area contributed by atoms with Gasteiger partial charge >= 0.3 is 0 Å². The van der Waals surface area contributed by atoms with E-state index in [4.69, 9.17) is 11.6 Å². The second kappa shape index (κ2) is 9.98. The Labute approximate surface area is 184 Å². The van der Waals surface area contributed by atoms with Gasteiger partial charge in [-0.1, -0.05) is 6.07 Å². The molecule has 0 unspecified atom stereocenters. The Bertz CT molecular complexity index is 1070. The summed E-state index contributed by atoms with van der Waals surface area (Å²) >= 11 is 5.82. The van der Waals surface area contributed by atoms with Gasteiger partial charge in [0.05, 0.1) is 9.82 Å². The summed E-state index contributed by atoms with van der Waals surface area (Å²) in [4.78, 5) is 30.3. The average molecular weight is 471 g/mol. The molecule has 2 aromatic rings. The van der Waals surface area contributed by atoms with Crippen molar-refractivity contribution in [1.29, 1.82) is 0 Å². The van der Waals surface area contributed by atoms with E-state index in [-0.39, 0.29) is 46.2 Å². The first-order valence-electron chi connectivity index (χ1n) is 9.22. The lowest BCUT2D eigenvalue weighted by atomic mass is 10.1. The summed E-state index contributed by atoms with van der Waals surface area (Å²) < 4.78 is 27.0. The number of non-ortho nitro benzene ring substituents is 1. The molecular weight excluding hydrogens is 448 g/mol. The first-order valence-corrected chi connectivity index (χ1v) is 11.1. The largest absolute Gasteiger partial charge is 0.369 e. The van der Waals surface area contributed by atoms with Crippen molar-refractivity contribution in [3.05, 3.63) is 51.4 Å². The second-order valence-corrected chi connectivity index (χ2v) is 9.64. The molecule has 2 rings (SSSR count). The van der Waals surface area contributed by atoms with Gasteiger partial charge < -0.3 is 10.6 Å². The van der Waals surface area contributed by atoms with Crippen molar-refractivity contribution in [1.82, 2.24) is 20.0 Å². The molecule has 0 aliphatic rings. The smallest absolute Gasteiger partial charge is 0.270 e. The third-order valence-corrected chi connectivity index (χ3v) is 5.41.